The van der Waals surface area contributed by atoms with Crippen LogP contribution in [0.1, 0.15) is 19.4 Å². The van der Waals surface area contributed by atoms with Crippen LogP contribution in [0.3, 0.4) is 0 Å². The minimum atomic E-state index is -0.162. The van der Waals surface area contributed by atoms with E-state index in [4.69, 9.17) is 10.9 Å². The van der Waals surface area contributed by atoms with E-state index in [1.54, 1.807) is 4.90 Å². The molecule has 19 heavy (non-hydrogen) atoms. The summed E-state index contributed by atoms with van der Waals surface area (Å²) in [7, 11) is 0. The third kappa shape index (κ3) is 4.62. The molecule has 0 aliphatic heterocycles. The second-order valence-corrected chi connectivity index (χ2v) is 4.52. The van der Waals surface area contributed by atoms with Crippen molar-refractivity contribution in [2.24, 2.45) is 16.8 Å². The highest BCUT2D eigenvalue weighted by Gasteiger charge is 2.17. The van der Waals surface area contributed by atoms with Crippen molar-refractivity contribution in [3.8, 4) is 0 Å². The van der Waals surface area contributed by atoms with E-state index >= 15 is 0 Å². The largest absolute Gasteiger partial charge is 0.409 e. The van der Waals surface area contributed by atoms with Crippen molar-refractivity contribution in [1.29, 1.82) is 0 Å². The van der Waals surface area contributed by atoms with Gasteiger partial charge in [0.05, 0.1) is 6.42 Å². The normalized spacial score (nSPS) is 13.1. The van der Waals surface area contributed by atoms with Crippen LogP contribution < -0.4 is 5.73 Å². The smallest absolute Gasteiger partial charge is 0.227 e. The quantitative estimate of drug-likeness (QED) is 0.353. The van der Waals surface area contributed by atoms with Crippen molar-refractivity contribution < 1.29 is 10.0 Å². The van der Waals surface area contributed by atoms with E-state index in [2.05, 4.69) is 5.16 Å². The van der Waals surface area contributed by atoms with Crippen LogP contribution in [0.2, 0.25) is 0 Å². The van der Waals surface area contributed by atoms with E-state index in [-0.39, 0.29) is 17.7 Å². The summed E-state index contributed by atoms with van der Waals surface area (Å²) in [5.74, 6) is 0.0296. The fourth-order valence-electron chi connectivity index (χ4n) is 1.81. The summed E-state index contributed by atoms with van der Waals surface area (Å²) in [6.45, 7) is 4.81. The molecule has 0 radical (unpaired) electrons. The molecule has 104 valence electrons. The Morgan fingerprint density at radius 1 is 1.42 bits per heavy atom. The van der Waals surface area contributed by atoms with Crippen LogP contribution in [0.25, 0.3) is 0 Å². The highest BCUT2D eigenvalue weighted by Crippen LogP contribution is 2.06. The molecule has 5 nitrogen and oxygen atoms in total. The molecular formula is C14H21N3O2. The van der Waals surface area contributed by atoms with Crippen LogP contribution >= 0.6 is 0 Å². The van der Waals surface area contributed by atoms with E-state index in [0.717, 1.165) is 5.56 Å². The van der Waals surface area contributed by atoms with Gasteiger partial charge >= 0.3 is 0 Å². The van der Waals surface area contributed by atoms with Crippen LogP contribution in [0.4, 0.5) is 0 Å². The number of likely N-dealkylation sites (N-methyl/N-ethyl adjacent to an activating group) is 1. The summed E-state index contributed by atoms with van der Waals surface area (Å²) in [5.41, 5.74) is 6.52. The number of carbonyl (C=O) groups is 1. The van der Waals surface area contributed by atoms with Gasteiger partial charge in [0.15, 0.2) is 0 Å². The Morgan fingerprint density at radius 3 is 2.58 bits per heavy atom. The van der Waals surface area contributed by atoms with Crippen LogP contribution in [0, 0.1) is 5.92 Å². The lowest BCUT2D eigenvalue weighted by atomic mass is 10.1. The molecule has 1 atom stereocenters. The van der Waals surface area contributed by atoms with Crippen LogP contribution in [-0.2, 0) is 11.2 Å². The molecule has 5 heteroatoms. The van der Waals surface area contributed by atoms with Gasteiger partial charge in [-0.1, -0.05) is 42.4 Å². The van der Waals surface area contributed by atoms with Crippen molar-refractivity contribution in [2.45, 2.75) is 20.3 Å². The Kier molecular flexibility index (Phi) is 5.85. The Labute approximate surface area is 113 Å². The minimum Gasteiger partial charge on any atom is -0.409 e. The second-order valence-electron chi connectivity index (χ2n) is 4.52. The molecule has 0 aromatic heterocycles. The maximum absolute atomic E-state index is 12.2. The number of amidine groups is 1. The Bertz CT molecular complexity index is 432. The molecule has 0 fully saturated rings. The summed E-state index contributed by atoms with van der Waals surface area (Å²) < 4.78 is 0. The first-order chi connectivity index (χ1) is 9.08. The zero-order valence-corrected chi connectivity index (χ0v) is 11.4. The van der Waals surface area contributed by atoms with Gasteiger partial charge in [0.25, 0.3) is 0 Å². The lowest BCUT2D eigenvalue weighted by Crippen LogP contribution is -2.39. The van der Waals surface area contributed by atoms with Crippen LogP contribution in [0.15, 0.2) is 35.5 Å². The summed E-state index contributed by atoms with van der Waals surface area (Å²) in [4.78, 5) is 13.9. The lowest BCUT2D eigenvalue weighted by molar-refractivity contribution is -0.130. The topological polar surface area (TPSA) is 78.9 Å². The molecule has 1 aromatic rings. The molecule has 1 unspecified atom stereocenters. The summed E-state index contributed by atoms with van der Waals surface area (Å²) in [6.07, 6.45) is 0.373. The first kappa shape index (κ1) is 15.0. The zero-order valence-electron chi connectivity index (χ0n) is 11.4. The number of hydrogen-bond donors (Lipinski definition) is 2. The SMILES string of the molecule is CCN(CC(C)/C(N)=N/O)C(=O)Cc1ccccc1. The Balaban J connectivity index is 2.62. The predicted molar refractivity (Wildman–Crippen MR) is 75.0 cm³/mol. The third-order valence-corrected chi connectivity index (χ3v) is 3.05. The molecule has 1 aromatic carbocycles. The van der Waals surface area contributed by atoms with Crippen molar-refractivity contribution in [2.75, 3.05) is 13.1 Å². The predicted octanol–water partition coefficient (Wildman–Crippen LogP) is 1.46. The molecule has 0 saturated heterocycles. The van der Waals surface area contributed by atoms with Gasteiger partial charge in [0, 0.05) is 19.0 Å². The number of nitrogens with zero attached hydrogens (tertiary/aromatic N) is 2. The molecule has 0 heterocycles. The van der Waals surface area contributed by atoms with E-state index in [1.165, 1.54) is 0 Å². The molecule has 0 aliphatic rings. The van der Waals surface area contributed by atoms with Gasteiger partial charge in [-0.25, -0.2) is 0 Å². The van der Waals surface area contributed by atoms with Crippen molar-refractivity contribution in [3.05, 3.63) is 35.9 Å². The number of hydrogen-bond acceptors (Lipinski definition) is 3. The molecule has 0 saturated carbocycles. The van der Waals surface area contributed by atoms with E-state index in [0.29, 0.717) is 19.5 Å². The van der Waals surface area contributed by atoms with Gasteiger partial charge in [-0.2, -0.15) is 0 Å². The highest BCUT2D eigenvalue weighted by molar-refractivity contribution is 5.83. The summed E-state index contributed by atoms with van der Waals surface area (Å²) in [6, 6.07) is 9.61. The fourth-order valence-corrected chi connectivity index (χ4v) is 1.81. The molecule has 0 spiro atoms. The molecule has 1 amide bonds. The molecule has 0 bridgehead atoms. The monoisotopic (exact) mass is 263 g/mol. The average molecular weight is 263 g/mol. The molecule has 0 aliphatic carbocycles. The first-order valence-electron chi connectivity index (χ1n) is 6.37. The number of nitrogens with two attached hydrogens (primary N) is 1. The van der Waals surface area contributed by atoms with Crippen molar-refractivity contribution in [3.63, 3.8) is 0 Å². The van der Waals surface area contributed by atoms with Gasteiger partial charge in [-0.3, -0.25) is 4.79 Å². The molecular weight excluding hydrogens is 242 g/mol. The Morgan fingerprint density at radius 2 is 2.05 bits per heavy atom. The van der Waals surface area contributed by atoms with Gasteiger partial charge < -0.3 is 15.8 Å². The van der Waals surface area contributed by atoms with Gasteiger partial charge in [0.1, 0.15) is 5.84 Å². The van der Waals surface area contributed by atoms with Crippen LogP contribution in [0.5, 0.6) is 0 Å². The standard InChI is InChI=1S/C14H21N3O2/c1-3-17(10-11(2)14(15)16-19)13(18)9-12-7-5-4-6-8-12/h4-8,11,19H,3,9-10H2,1-2H3,(H2,15,16). The maximum atomic E-state index is 12.2. The molecule has 1 rings (SSSR count). The van der Waals surface area contributed by atoms with E-state index in [1.807, 2.05) is 44.2 Å². The Hall–Kier alpha value is -2.04. The van der Waals surface area contributed by atoms with Gasteiger partial charge in [0.2, 0.25) is 5.91 Å². The minimum absolute atomic E-state index is 0.0475. The highest BCUT2D eigenvalue weighted by atomic mass is 16.4. The third-order valence-electron chi connectivity index (χ3n) is 3.05. The second kappa shape index (κ2) is 7.41. The lowest BCUT2D eigenvalue weighted by Gasteiger charge is -2.24. The average Bonchev–Trinajstić information content (AvgIpc) is 2.44. The zero-order chi connectivity index (χ0) is 14.3. The number of amides is 1. The van der Waals surface area contributed by atoms with Crippen molar-refractivity contribution >= 4 is 11.7 Å². The number of rotatable bonds is 6. The summed E-state index contributed by atoms with van der Waals surface area (Å²) in [5, 5.41) is 11.6. The fraction of sp³-hybridized carbons (Fsp3) is 0.429. The number of benzene rings is 1. The summed E-state index contributed by atoms with van der Waals surface area (Å²) >= 11 is 0. The number of carbonyl (C=O) groups excluding carboxylic acids is 1. The first-order valence-corrected chi connectivity index (χ1v) is 6.37. The molecule has 3 N–H and O–H groups in total. The van der Waals surface area contributed by atoms with Crippen LogP contribution in [-0.4, -0.2) is 34.9 Å². The van der Waals surface area contributed by atoms with E-state index in [9.17, 15) is 4.79 Å². The number of oxime groups is 1. The van der Waals surface area contributed by atoms with Gasteiger partial charge in [-0.15, -0.1) is 0 Å². The van der Waals surface area contributed by atoms with Crippen molar-refractivity contribution in [1.82, 2.24) is 4.90 Å². The van der Waals surface area contributed by atoms with E-state index < -0.39 is 0 Å². The maximum Gasteiger partial charge on any atom is 0.227 e. The van der Waals surface area contributed by atoms with Gasteiger partial charge in [-0.05, 0) is 12.5 Å².